The number of nitrogens with one attached hydrogen (secondary N) is 1. The van der Waals surface area contributed by atoms with Gasteiger partial charge in [-0.3, -0.25) is 9.59 Å². The van der Waals surface area contributed by atoms with Crippen molar-refractivity contribution in [1.82, 2.24) is 9.66 Å². The molecular formula is C28H25Br2FN4O4. The lowest BCUT2D eigenvalue weighted by atomic mass is 10.2. The molecule has 0 aliphatic rings. The standard InChI is InChI=1S/C28H25Br2FN4O4/c1-3-4-5-26-34-23-11-6-18(29)13-21(23)28(37)35(26)32-15-17-12-24(38-2)25(14-22(17)30)39-16-27(36)33-20-9-7-19(31)8-10-20/h6-15H,3-5,16H2,1-2H3,(H,33,36). The zero-order valence-electron chi connectivity index (χ0n) is 21.2. The van der Waals surface area contributed by atoms with Crippen molar-refractivity contribution in [2.45, 2.75) is 26.2 Å². The molecule has 4 aromatic rings. The summed E-state index contributed by atoms with van der Waals surface area (Å²) in [5.41, 5.74) is 1.43. The first-order valence-electron chi connectivity index (χ1n) is 12.1. The first kappa shape index (κ1) is 28.4. The molecule has 0 aliphatic carbocycles. The molecular weight excluding hydrogens is 635 g/mol. The van der Waals surface area contributed by atoms with Gasteiger partial charge >= 0.3 is 0 Å². The number of aryl methyl sites for hydroxylation is 1. The van der Waals surface area contributed by atoms with E-state index in [1.807, 2.05) is 12.1 Å². The van der Waals surface area contributed by atoms with Crippen molar-refractivity contribution in [3.63, 3.8) is 0 Å². The van der Waals surface area contributed by atoms with Crippen LogP contribution in [0.15, 0.2) is 73.4 Å². The Labute approximate surface area is 241 Å². The highest BCUT2D eigenvalue weighted by Crippen LogP contribution is 2.33. The number of ether oxygens (including phenoxy) is 2. The van der Waals surface area contributed by atoms with Gasteiger partial charge in [-0.05, 0) is 76.9 Å². The second-order valence-corrected chi connectivity index (χ2v) is 10.3. The third kappa shape index (κ3) is 7.10. The molecule has 1 aromatic heterocycles. The topological polar surface area (TPSA) is 94.8 Å². The summed E-state index contributed by atoms with van der Waals surface area (Å²) in [6.45, 7) is 1.78. The Balaban J connectivity index is 1.58. The smallest absolute Gasteiger partial charge is 0.282 e. The van der Waals surface area contributed by atoms with Gasteiger partial charge in [-0.15, -0.1) is 0 Å². The number of benzene rings is 3. The molecule has 0 saturated carbocycles. The second-order valence-electron chi connectivity index (χ2n) is 8.52. The van der Waals surface area contributed by atoms with Gasteiger partial charge in [-0.1, -0.05) is 29.3 Å². The summed E-state index contributed by atoms with van der Waals surface area (Å²) in [5, 5.41) is 7.58. The van der Waals surface area contributed by atoms with Crippen LogP contribution in [-0.4, -0.2) is 35.5 Å². The molecule has 0 radical (unpaired) electrons. The molecule has 3 aromatic carbocycles. The molecule has 4 rings (SSSR count). The highest BCUT2D eigenvalue weighted by Gasteiger charge is 2.14. The summed E-state index contributed by atoms with van der Waals surface area (Å²) < 4.78 is 26.9. The number of aromatic nitrogens is 2. The fourth-order valence-corrected chi connectivity index (χ4v) is 4.51. The molecule has 202 valence electrons. The average molecular weight is 660 g/mol. The van der Waals surface area contributed by atoms with E-state index in [-0.39, 0.29) is 12.2 Å². The number of unbranched alkanes of at least 4 members (excludes halogenated alkanes) is 1. The fraction of sp³-hybridized carbons (Fsp3) is 0.214. The highest BCUT2D eigenvalue weighted by atomic mass is 79.9. The van der Waals surface area contributed by atoms with Crippen LogP contribution in [0.1, 0.15) is 31.2 Å². The SMILES string of the molecule is CCCCc1nc2ccc(Br)cc2c(=O)n1N=Cc1cc(OC)c(OCC(=O)Nc2ccc(F)cc2)cc1Br. The predicted octanol–water partition coefficient (Wildman–Crippen LogP) is 6.31. The Kier molecular flexibility index (Phi) is 9.47. The maximum absolute atomic E-state index is 13.3. The molecule has 0 aliphatic heterocycles. The molecule has 1 amide bonds. The van der Waals surface area contributed by atoms with Crippen LogP contribution in [0.3, 0.4) is 0 Å². The van der Waals surface area contributed by atoms with Crippen molar-refractivity contribution in [1.29, 1.82) is 0 Å². The van der Waals surface area contributed by atoms with Gasteiger partial charge in [0, 0.05) is 26.6 Å². The number of anilines is 1. The number of carbonyl (C=O) groups excluding carboxylic acids is 1. The first-order valence-corrected chi connectivity index (χ1v) is 13.7. The Hall–Kier alpha value is -3.57. The number of amides is 1. The third-order valence-electron chi connectivity index (χ3n) is 5.71. The van der Waals surface area contributed by atoms with Crippen LogP contribution in [0, 0.1) is 5.82 Å². The summed E-state index contributed by atoms with van der Waals surface area (Å²) in [4.78, 5) is 30.3. The van der Waals surface area contributed by atoms with Gasteiger partial charge < -0.3 is 14.8 Å². The number of fused-ring (bicyclic) bond motifs is 1. The Morgan fingerprint density at radius 3 is 2.62 bits per heavy atom. The van der Waals surface area contributed by atoms with Crippen molar-refractivity contribution in [2.24, 2.45) is 5.10 Å². The predicted molar refractivity (Wildman–Crippen MR) is 157 cm³/mol. The van der Waals surface area contributed by atoms with Gasteiger partial charge in [0.05, 0.1) is 24.2 Å². The van der Waals surface area contributed by atoms with E-state index in [1.165, 1.54) is 36.1 Å². The molecule has 0 atom stereocenters. The normalized spacial score (nSPS) is 11.2. The number of carbonyl (C=O) groups is 1. The monoisotopic (exact) mass is 658 g/mol. The number of halogens is 3. The van der Waals surface area contributed by atoms with Crippen LogP contribution in [0.25, 0.3) is 10.9 Å². The second kappa shape index (κ2) is 13.0. The maximum Gasteiger partial charge on any atom is 0.282 e. The van der Waals surface area contributed by atoms with E-state index in [1.54, 1.807) is 24.4 Å². The maximum atomic E-state index is 13.3. The van der Waals surface area contributed by atoms with E-state index in [4.69, 9.17) is 9.47 Å². The van der Waals surface area contributed by atoms with Crippen molar-refractivity contribution in [3.05, 3.63) is 91.1 Å². The van der Waals surface area contributed by atoms with Crippen LogP contribution in [0.5, 0.6) is 11.5 Å². The summed E-state index contributed by atoms with van der Waals surface area (Å²) in [6.07, 6.45) is 3.96. The minimum atomic E-state index is -0.417. The number of rotatable bonds is 10. The lowest BCUT2D eigenvalue weighted by molar-refractivity contribution is -0.118. The Morgan fingerprint density at radius 2 is 1.90 bits per heavy atom. The number of methoxy groups -OCH3 is 1. The van der Waals surface area contributed by atoms with Crippen molar-refractivity contribution < 1.29 is 18.7 Å². The van der Waals surface area contributed by atoms with E-state index < -0.39 is 11.7 Å². The van der Waals surface area contributed by atoms with Crippen LogP contribution in [0.2, 0.25) is 0 Å². The highest BCUT2D eigenvalue weighted by molar-refractivity contribution is 9.10. The van der Waals surface area contributed by atoms with E-state index in [2.05, 4.69) is 54.2 Å². The summed E-state index contributed by atoms with van der Waals surface area (Å²) in [7, 11) is 1.48. The molecule has 0 bridgehead atoms. The number of nitrogens with zero attached hydrogens (tertiary/aromatic N) is 3. The van der Waals surface area contributed by atoms with Gasteiger partial charge in [-0.25, -0.2) is 9.37 Å². The summed E-state index contributed by atoms with van der Waals surface area (Å²) in [5.74, 6) is 0.458. The third-order valence-corrected chi connectivity index (χ3v) is 6.89. The van der Waals surface area contributed by atoms with E-state index in [0.29, 0.717) is 50.4 Å². The van der Waals surface area contributed by atoms with E-state index >= 15 is 0 Å². The van der Waals surface area contributed by atoms with Crippen LogP contribution in [-0.2, 0) is 11.2 Å². The van der Waals surface area contributed by atoms with Gasteiger partial charge in [0.2, 0.25) is 0 Å². The van der Waals surface area contributed by atoms with Gasteiger partial charge in [-0.2, -0.15) is 9.78 Å². The Bertz CT molecular complexity index is 1590. The number of hydrogen-bond acceptors (Lipinski definition) is 6. The van der Waals surface area contributed by atoms with E-state index in [9.17, 15) is 14.0 Å². The van der Waals surface area contributed by atoms with Gasteiger partial charge in [0.25, 0.3) is 11.5 Å². The molecule has 39 heavy (non-hydrogen) atoms. The van der Waals surface area contributed by atoms with Crippen LogP contribution in [0.4, 0.5) is 10.1 Å². The van der Waals surface area contributed by atoms with Gasteiger partial charge in [0.1, 0.15) is 11.6 Å². The minimum absolute atomic E-state index is 0.265. The molecule has 0 fully saturated rings. The van der Waals surface area contributed by atoms with E-state index in [0.717, 1.165) is 17.3 Å². The molecule has 0 unspecified atom stereocenters. The molecule has 1 heterocycles. The average Bonchev–Trinajstić information content (AvgIpc) is 2.92. The minimum Gasteiger partial charge on any atom is -0.493 e. The van der Waals surface area contributed by atoms with Crippen molar-refractivity contribution in [2.75, 3.05) is 19.0 Å². The van der Waals surface area contributed by atoms with Crippen LogP contribution >= 0.6 is 31.9 Å². The number of hydrogen-bond donors (Lipinski definition) is 1. The quantitative estimate of drug-likeness (QED) is 0.201. The Morgan fingerprint density at radius 1 is 1.13 bits per heavy atom. The van der Waals surface area contributed by atoms with Crippen molar-refractivity contribution >= 4 is 60.6 Å². The summed E-state index contributed by atoms with van der Waals surface area (Å²) >= 11 is 6.92. The molecule has 11 heteroatoms. The summed E-state index contributed by atoms with van der Waals surface area (Å²) in [6, 6.07) is 14.2. The largest absolute Gasteiger partial charge is 0.493 e. The van der Waals surface area contributed by atoms with Gasteiger partial charge in [0.15, 0.2) is 18.1 Å². The molecule has 0 spiro atoms. The molecule has 0 saturated heterocycles. The van der Waals surface area contributed by atoms with Crippen molar-refractivity contribution in [3.8, 4) is 11.5 Å². The zero-order valence-corrected chi connectivity index (χ0v) is 24.4. The lowest BCUT2D eigenvalue weighted by Crippen LogP contribution is -2.22. The lowest BCUT2D eigenvalue weighted by Gasteiger charge is -2.13. The zero-order chi connectivity index (χ0) is 27.9. The molecule has 8 nitrogen and oxygen atoms in total. The molecule has 1 N–H and O–H groups in total. The fourth-order valence-electron chi connectivity index (χ4n) is 3.73. The van der Waals surface area contributed by atoms with Crippen LogP contribution < -0.4 is 20.3 Å². The first-order chi connectivity index (χ1) is 18.8.